The molecule has 0 bridgehead atoms. The van der Waals surface area contributed by atoms with E-state index >= 15 is 0 Å². The van der Waals surface area contributed by atoms with Gasteiger partial charge in [0.1, 0.15) is 0 Å². The molecule has 0 aliphatic heterocycles. The maximum absolute atomic E-state index is 12.6. The van der Waals surface area contributed by atoms with E-state index in [0.717, 1.165) is 24.1 Å². The molecule has 0 aliphatic rings. The van der Waals surface area contributed by atoms with Gasteiger partial charge in [-0.1, -0.05) is 49.7 Å². The largest absolute Gasteiger partial charge is 0.325 e. The highest BCUT2D eigenvalue weighted by molar-refractivity contribution is 8.00. The second-order valence-corrected chi connectivity index (χ2v) is 7.31. The number of aromatic nitrogens is 2. The summed E-state index contributed by atoms with van der Waals surface area (Å²) in [5, 5.41) is 3.63. The van der Waals surface area contributed by atoms with Crippen molar-refractivity contribution >= 4 is 35.0 Å². The molecule has 2 aromatic rings. The quantitative estimate of drug-likeness (QED) is 0.558. The minimum Gasteiger partial charge on any atom is -0.325 e. The molecule has 1 aromatic heterocycles. The zero-order valence-corrected chi connectivity index (χ0v) is 16.1. The first-order chi connectivity index (χ1) is 11.9. The number of benzene rings is 1. The Balaban J connectivity index is 2.15. The van der Waals surface area contributed by atoms with Crippen LogP contribution in [0.1, 0.15) is 37.9 Å². The van der Waals surface area contributed by atoms with E-state index < -0.39 is 0 Å². The van der Waals surface area contributed by atoms with Crippen molar-refractivity contribution in [2.24, 2.45) is 0 Å². The summed E-state index contributed by atoms with van der Waals surface area (Å²) in [5.74, 6) is -0.138. The molecule has 0 spiro atoms. The molecule has 1 heterocycles. The number of rotatable bonds is 7. The summed E-state index contributed by atoms with van der Waals surface area (Å²) in [6.07, 6.45) is 2.26. The van der Waals surface area contributed by atoms with Gasteiger partial charge in [-0.3, -0.25) is 9.59 Å². The molecule has 0 saturated carbocycles. The number of H-pyrrole nitrogens is 1. The third kappa shape index (κ3) is 5.34. The molecule has 25 heavy (non-hydrogen) atoms. The molecule has 2 N–H and O–H groups in total. The molecule has 0 saturated heterocycles. The Bertz CT molecular complexity index is 807. The first kappa shape index (κ1) is 19.5. The predicted octanol–water partition coefficient (Wildman–Crippen LogP) is 4.19. The van der Waals surface area contributed by atoms with Crippen LogP contribution in [0.15, 0.2) is 34.2 Å². The minimum atomic E-state index is -0.363. The van der Waals surface area contributed by atoms with Crippen LogP contribution in [-0.4, -0.2) is 21.1 Å². The molecule has 0 fully saturated rings. The van der Waals surface area contributed by atoms with Crippen LogP contribution < -0.4 is 10.9 Å². The average molecular weight is 380 g/mol. The van der Waals surface area contributed by atoms with E-state index in [1.165, 1.54) is 17.8 Å². The Morgan fingerprint density at radius 2 is 2.16 bits per heavy atom. The number of aromatic amines is 1. The fraction of sp³-hybridized carbons (Fsp3) is 0.389. The van der Waals surface area contributed by atoms with Gasteiger partial charge in [-0.15, -0.1) is 0 Å². The molecule has 5 nitrogen and oxygen atoms in total. The number of halogens is 1. The van der Waals surface area contributed by atoms with Gasteiger partial charge in [0.2, 0.25) is 5.91 Å². The Kier molecular flexibility index (Phi) is 7.08. The number of carbonyl (C=O) groups is 1. The highest BCUT2D eigenvalue weighted by atomic mass is 35.5. The van der Waals surface area contributed by atoms with Gasteiger partial charge in [-0.05, 0) is 37.5 Å². The van der Waals surface area contributed by atoms with Crippen molar-refractivity contribution in [3.05, 3.63) is 50.9 Å². The van der Waals surface area contributed by atoms with Gasteiger partial charge in [0.25, 0.3) is 5.56 Å². The highest BCUT2D eigenvalue weighted by Gasteiger charge is 2.20. The number of hydrogen-bond donors (Lipinski definition) is 2. The number of anilines is 1. The fourth-order valence-corrected chi connectivity index (χ4v) is 3.44. The lowest BCUT2D eigenvalue weighted by atomic mass is 10.2. The minimum absolute atomic E-state index is 0.138. The van der Waals surface area contributed by atoms with Crippen LogP contribution in [0.5, 0.6) is 0 Å². The van der Waals surface area contributed by atoms with Crippen molar-refractivity contribution in [2.75, 3.05) is 5.32 Å². The normalized spacial score (nSPS) is 12.0. The van der Waals surface area contributed by atoms with Crippen LogP contribution >= 0.6 is 23.4 Å². The third-order valence-electron chi connectivity index (χ3n) is 3.72. The summed E-state index contributed by atoms with van der Waals surface area (Å²) in [4.78, 5) is 31.5. The van der Waals surface area contributed by atoms with Crippen LogP contribution in [-0.2, 0) is 11.2 Å². The first-order valence-electron chi connectivity index (χ1n) is 8.27. The molecule has 2 rings (SSSR count). The molecule has 7 heteroatoms. The van der Waals surface area contributed by atoms with Gasteiger partial charge < -0.3 is 10.3 Å². The van der Waals surface area contributed by atoms with Gasteiger partial charge in [0.15, 0.2) is 5.16 Å². The molecule has 1 atom stereocenters. The lowest BCUT2D eigenvalue weighted by molar-refractivity contribution is -0.115. The van der Waals surface area contributed by atoms with E-state index in [4.69, 9.17) is 11.6 Å². The van der Waals surface area contributed by atoms with Crippen molar-refractivity contribution in [3.63, 3.8) is 0 Å². The van der Waals surface area contributed by atoms with E-state index in [2.05, 4.69) is 15.3 Å². The number of carbonyl (C=O) groups excluding carboxylic acids is 1. The smallest absolute Gasteiger partial charge is 0.251 e. The van der Waals surface area contributed by atoms with Gasteiger partial charge >= 0.3 is 0 Å². The van der Waals surface area contributed by atoms with Crippen molar-refractivity contribution in [1.29, 1.82) is 0 Å². The van der Waals surface area contributed by atoms with Gasteiger partial charge in [-0.25, -0.2) is 4.98 Å². The first-order valence-corrected chi connectivity index (χ1v) is 9.53. The van der Waals surface area contributed by atoms with Crippen molar-refractivity contribution in [2.45, 2.75) is 50.4 Å². The topological polar surface area (TPSA) is 74.8 Å². The van der Waals surface area contributed by atoms with Crippen LogP contribution in [0.3, 0.4) is 0 Å². The second-order valence-electron chi connectivity index (χ2n) is 5.71. The summed E-state index contributed by atoms with van der Waals surface area (Å²) >= 11 is 7.37. The molecule has 0 aliphatic carbocycles. The summed E-state index contributed by atoms with van der Waals surface area (Å²) in [6.45, 7) is 5.82. The van der Waals surface area contributed by atoms with E-state index in [1.54, 1.807) is 12.1 Å². The maximum atomic E-state index is 12.6. The molecular formula is C18H22ClN3O2S. The number of nitrogens with one attached hydrogen (secondary N) is 2. The number of hydrogen-bond acceptors (Lipinski definition) is 4. The van der Waals surface area contributed by atoms with Crippen LogP contribution in [0.4, 0.5) is 5.69 Å². The number of thioether (sulfide) groups is 1. The average Bonchev–Trinajstić information content (AvgIpc) is 2.56. The summed E-state index contributed by atoms with van der Waals surface area (Å²) < 4.78 is 0. The fourth-order valence-electron chi connectivity index (χ4n) is 2.34. The van der Waals surface area contributed by atoms with E-state index in [0.29, 0.717) is 22.3 Å². The van der Waals surface area contributed by atoms with Crippen molar-refractivity contribution in [1.82, 2.24) is 9.97 Å². The predicted molar refractivity (Wildman–Crippen MR) is 104 cm³/mol. The van der Waals surface area contributed by atoms with Crippen LogP contribution in [0.25, 0.3) is 0 Å². The molecule has 134 valence electrons. The van der Waals surface area contributed by atoms with Crippen molar-refractivity contribution in [3.8, 4) is 0 Å². The van der Waals surface area contributed by atoms with E-state index in [9.17, 15) is 9.59 Å². The van der Waals surface area contributed by atoms with E-state index in [1.807, 2.05) is 26.8 Å². The number of amides is 1. The Labute approximate surface area is 156 Å². The molecule has 0 radical (unpaired) electrons. The molecule has 1 aromatic carbocycles. The zero-order chi connectivity index (χ0) is 18.4. The van der Waals surface area contributed by atoms with Gasteiger partial charge in [0.05, 0.1) is 5.25 Å². The monoisotopic (exact) mass is 379 g/mol. The lowest BCUT2D eigenvalue weighted by Gasteiger charge is -2.16. The molecule has 1 amide bonds. The Morgan fingerprint density at radius 1 is 1.40 bits per heavy atom. The standard InChI is InChI=1S/C18H22ClN3O2S/c1-4-7-12-10-16(23)22-18(20-12)25-15(5-2)17(24)21-14-9-6-8-13(19)11(14)3/h6,8-10,15H,4-5,7H2,1-3H3,(H,21,24)(H,20,22,23). The maximum Gasteiger partial charge on any atom is 0.251 e. The highest BCUT2D eigenvalue weighted by Crippen LogP contribution is 2.26. The zero-order valence-electron chi connectivity index (χ0n) is 14.6. The van der Waals surface area contributed by atoms with Gasteiger partial charge in [-0.2, -0.15) is 0 Å². The summed E-state index contributed by atoms with van der Waals surface area (Å²) in [5.41, 5.74) is 2.07. The Hall–Kier alpha value is -1.79. The molecule has 1 unspecified atom stereocenters. The number of nitrogens with zero attached hydrogens (tertiary/aromatic N) is 1. The van der Waals surface area contributed by atoms with E-state index in [-0.39, 0.29) is 16.7 Å². The molecular weight excluding hydrogens is 358 g/mol. The second kappa shape index (κ2) is 9.06. The van der Waals surface area contributed by atoms with Gasteiger partial charge in [0, 0.05) is 22.5 Å². The SMILES string of the molecule is CCCc1cc(=O)[nH]c(SC(CC)C(=O)Nc2cccc(Cl)c2C)n1. The Morgan fingerprint density at radius 3 is 2.84 bits per heavy atom. The summed E-state index contributed by atoms with van der Waals surface area (Å²) in [7, 11) is 0. The van der Waals surface area contributed by atoms with Crippen LogP contribution in [0, 0.1) is 6.92 Å². The van der Waals surface area contributed by atoms with Crippen molar-refractivity contribution < 1.29 is 4.79 Å². The van der Waals surface area contributed by atoms with Crippen LogP contribution in [0.2, 0.25) is 5.02 Å². The summed E-state index contributed by atoms with van der Waals surface area (Å²) in [6, 6.07) is 6.90. The lowest BCUT2D eigenvalue weighted by Crippen LogP contribution is -2.25. The number of aryl methyl sites for hydroxylation is 1. The third-order valence-corrected chi connectivity index (χ3v) is 5.38.